The first-order chi connectivity index (χ1) is 5.41. The Balaban J connectivity index is 1.86. The van der Waals surface area contributed by atoms with Gasteiger partial charge in [-0.15, -0.1) is 0 Å². The van der Waals surface area contributed by atoms with Crippen molar-refractivity contribution in [2.45, 2.75) is 36.9 Å². The van der Waals surface area contributed by atoms with Crippen molar-refractivity contribution < 1.29 is 0 Å². The quantitative estimate of drug-likeness (QED) is 0.598. The fourth-order valence-electron chi connectivity index (χ4n) is 2.11. The minimum atomic E-state index is 0.752. The predicted molar refractivity (Wildman–Crippen MR) is 51.1 cm³/mol. The van der Waals surface area contributed by atoms with E-state index in [0.29, 0.717) is 0 Å². The van der Waals surface area contributed by atoms with Crippen molar-refractivity contribution in [3.63, 3.8) is 0 Å². The van der Waals surface area contributed by atoms with Crippen molar-refractivity contribution in [3.8, 4) is 0 Å². The number of thioether (sulfide) groups is 1. The van der Waals surface area contributed by atoms with Gasteiger partial charge in [0.2, 0.25) is 0 Å². The number of rotatable bonds is 0. The smallest absolute Gasteiger partial charge is 0.0168 e. The van der Waals surface area contributed by atoms with Gasteiger partial charge in [-0.2, -0.15) is 11.8 Å². The Morgan fingerprint density at radius 1 is 1.00 bits per heavy atom. The molecule has 2 aliphatic heterocycles. The summed E-state index contributed by atoms with van der Waals surface area (Å²) in [5, 5.41) is 3.46. The lowest BCUT2D eigenvalue weighted by molar-refractivity contribution is 0.399. The first-order valence-corrected chi connectivity index (χ1v) is 5.75. The molecule has 2 fully saturated rings. The van der Waals surface area contributed by atoms with Crippen LogP contribution in [0.4, 0.5) is 0 Å². The standard InChI is InChI=1S/C9H17NS/c1-3-9(5-8-11-9)4-2-7-10-6-1/h10H,1-8H2. The van der Waals surface area contributed by atoms with Crippen LogP contribution >= 0.6 is 11.8 Å². The van der Waals surface area contributed by atoms with Gasteiger partial charge < -0.3 is 5.32 Å². The summed E-state index contributed by atoms with van der Waals surface area (Å²) in [4.78, 5) is 0. The van der Waals surface area contributed by atoms with E-state index in [-0.39, 0.29) is 0 Å². The van der Waals surface area contributed by atoms with Crippen LogP contribution in [0.15, 0.2) is 0 Å². The van der Waals surface area contributed by atoms with Crippen LogP contribution < -0.4 is 5.32 Å². The van der Waals surface area contributed by atoms with Crippen LogP contribution in [0.3, 0.4) is 0 Å². The fourth-order valence-corrected chi connectivity index (χ4v) is 3.47. The molecule has 1 N–H and O–H groups in total. The summed E-state index contributed by atoms with van der Waals surface area (Å²) < 4.78 is 0.752. The van der Waals surface area contributed by atoms with Gasteiger partial charge >= 0.3 is 0 Å². The second-order valence-corrected chi connectivity index (χ2v) is 5.30. The van der Waals surface area contributed by atoms with E-state index in [1.165, 1.54) is 50.9 Å². The highest BCUT2D eigenvalue weighted by atomic mass is 32.2. The van der Waals surface area contributed by atoms with Crippen molar-refractivity contribution in [1.29, 1.82) is 0 Å². The van der Waals surface area contributed by atoms with E-state index >= 15 is 0 Å². The van der Waals surface area contributed by atoms with Crippen molar-refractivity contribution >= 4 is 11.8 Å². The summed E-state index contributed by atoms with van der Waals surface area (Å²) in [6.07, 6.45) is 7.22. The Labute approximate surface area is 73.3 Å². The van der Waals surface area contributed by atoms with Crippen LogP contribution in [0, 0.1) is 0 Å². The van der Waals surface area contributed by atoms with Gasteiger partial charge in [0, 0.05) is 4.75 Å². The zero-order valence-electron chi connectivity index (χ0n) is 7.07. The molecule has 0 aromatic rings. The number of hydrogen-bond donors (Lipinski definition) is 1. The Morgan fingerprint density at radius 2 is 1.64 bits per heavy atom. The third-order valence-electron chi connectivity index (χ3n) is 2.94. The van der Waals surface area contributed by atoms with Crippen LogP contribution in [-0.4, -0.2) is 23.6 Å². The van der Waals surface area contributed by atoms with Crippen LogP contribution in [0.5, 0.6) is 0 Å². The molecule has 11 heavy (non-hydrogen) atoms. The second-order valence-electron chi connectivity index (χ2n) is 3.74. The van der Waals surface area contributed by atoms with Crippen molar-refractivity contribution in [1.82, 2.24) is 5.32 Å². The molecule has 0 radical (unpaired) electrons. The van der Waals surface area contributed by atoms with Crippen molar-refractivity contribution in [3.05, 3.63) is 0 Å². The van der Waals surface area contributed by atoms with Crippen LogP contribution in [-0.2, 0) is 0 Å². The van der Waals surface area contributed by atoms with E-state index in [0.717, 1.165) is 4.75 Å². The predicted octanol–water partition coefficient (Wildman–Crippen LogP) is 2.03. The second kappa shape index (κ2) is 3.36. The summed E-state index contributed by atoms with van der Waals surface area (Å²) in [5.41, 5.74) is 0. The molecule has 0 atom stereocenters. The summed E-state index contributed by atoms with van der Waals surface area (Å²) >= 11 is 2.22. The first-order valence-electron chi connectivity index (χ1n) is 4.76. The molecule has 2 saturated heterocycles. The third-order valence-corrected chi connectivity index (χ3v) is 4.57. The molecule has 64 valence electrons. The Hall–Kier alpha value is 0.310. The maximum absolute atomic E-state index is 3.46. The van der Waals surface area contributed by atoms with E-state index in [4.69, 9.17) is 0 Å². The molecule has 1 spiro atoms. The molecule has 0 unspecified atom stereocenters. The Morgan fingerprint density at radius 3 is 2.09 bits per heavy atom. The highest BCUT2D eigenvalue weighted by molar-refractivity contribution is 8.02. The van der Waals surface area contributed by atoms with Gasteiger partial charge in [-0.3, -0.25) is 0 Å². The highest BCUT2D eigenvalue weighted by Crippen LogP contribution is 2.47. The summed E-state index contributed by atoms with van der Waals surface area (Å²) in [6.45, 7) is 2.50. The summed E-state index contributed by atoms with van der Waals surface area (Å²) in [7, 11) is 0. The molecular formula is C9H17NS. The van der Waals surface area contributed by atoms with E-state index in [1.807, 2.05) is 0 Å². The number of nitrogens with one attached hydrogen (secondary N) is 1. The van der Waals surface area contributed by atoms with E-state index in [9.17, 15) is 0 Å². The molecule has 0 bridgehead atoms. The Kier molecular flexibility index (Phi) is 2.42. The fraction of sp³-hybridized carbons (Fsp3) is 1.00. The molecule has 0 saturated carbocycles. The first kappa shape index (κ1) is 7.93. The van der Waals surface area contributed by atoms with Crippen molar-refractivity contribution in [2.75, 3.05) is 18.8 Å². The van der Waals surface area contributed by atoms with E-state index < -0.39 is 0 Å². The monoisotopic (exact) mass is 171 g/mol. The Bertz CT molecular complexity index is 122. The topological polar surface area (TPSA) is 12.0 Å². The van der Waals surface area contributed by atoms with Gasteiger partial charge in [-0.05, 0) is 50.9 Å². The molecule has 0 aliphatic carbocycles. The lowest BCUT2D eigenvalue weighted by Crippen LogP contribution is -2.38. The van der Waals surface area contributed by atoms with Gasteiger partial charge in [-0.1, -0.05) is 0 Å². The molecule has 0 aromatic carbocycles. The molecule has 2 heterocycles. The van der Waals surface area contributed by atoms with Gasteiger partial charge in [0.15, 0.2) is 0 Å². The van der Waals surface area contributed by atoms with Gasteiger partial charge in [0.05, 0.1) is 0 Å². The molecule has 0 amide bonds. The van der Waals surface area contributed by atoms with Crippen molar-refractivity contribution in [2.24, 2.45) is 0 Å². The lowest BCUT2D eigenvalue weighted by atomic mass is 9.91. The lowest BCUT2D eigenvalue weighted by Gasteiger charge is -2.42. The SMILES string of the molecule is C1CNCCCC2(C1)CCS2. The minimum Gasteiger partial charge on any atom is -0.317 e. The van der Waals surface area contributed by atoms with Gasteiger partial charge in [0.25, 0.3) is 0 Å². The number of hydrogen-bond acceptors (Lipinski definition) is 2. The average molecular weight is 171 g/mol. The average Bonchev–Trinajstić information content (AvgIpc) is 1.82. The zero-order chi connectivity index (χ0) is 7.57. The van der Waals surface area contributed by atoms with E-state index in [1.54, 1.807) is 0 Å². The molecular weight excluding hydrogens is 154 g/mol. The maximum atomic E-state index is 3.46. The van der Waals surface area contributed by atoms with Gasteiger partial charge in [-0.25, -0.2) is 0 Å². The van der Waals surface area contributed by atoms with Gasteiger partial charge in [0.1, 0.15) is 0 Å². The molecule has 2 heteroatoms. The summed E-state index contributed by atoms with van der Waals surface area (Å²) in [5.74, 6) is 1.42. The largest absolute Gasteiger partial charge is 0.317 e. The van der Waals surface area contributed by atoms with E-state index in [2.05, 4.69) is 17.1 Å². The zero-order valence-corrected chi connectivity index (χ0v) is 7.88. The summed E-state index contributed by atoms with van der Waals surface area (Å²) in [6, 6.07) is 0. The third kappa shape index (κ3) is 1.73. The molecule has 0 aromatic heterocycles. The van der Waals surface area contributed by atoms with Crippen LogP contribution in [0.2, 0.25) is 0 Å². The maximum Gasteiger partial charge on any atom is 0.0168 e. The van der Waals surface area contributed by atoms with Crippen LogP contribution in [0.25, 0.3) is 0 Å². The normalized spacial score (nSPS) is 30.5. The molecule has 2 aliphatic rings. The molecule has 1 nitrogen and oxygen atoms in total. The minimum absolute atomic E-state index is 0.752. The highest BCUT2D eigenvalue weighted by Gasteiger charge is 2.36. The molecule has 2 rings (SSSR count). The van der Waals surface area contributed by atoms with Crippen LogP contribution in [0.1, 0.15) is 32.1 Å².